The van der Waals surface area contributed by atoms with Crippen molar-refractivity contribution in [3.63, 3.8) is 0 Å². The Hall–Kier alpha value is -1.36. The van der Waals surface area contributed by atoms with Crippen molar-refractivity contribution >= 4 is 16.5 Å². The number of hydrogen-bond donors (Lipinski definition) is 0. The Kier molecular flexibility index (Phi) is 3.23. The normalized spacial score (nSPS) is 40.4. The zero-order chi connectivity index (χ0) is 17.4. The number of hydrogen-bond acceptors (Lipinski definition) is 3. The molecule has 1 aromatic carbocycles. The molecule has 0 unspecified atom stereocenters. The van der Waals surface area contributed by atoms with E-state index in [4.69, 9.17) is 4.18 Å². The second-order valence-corrected chi connectivity index (χ2v) is 10.0. The van der Waals surface area contributed by atoms with Gasteiger partial charge in [0.05, 0.1) is 6.21 Å². The van der Waals surface area contributed by atoms with Crippen LogP contribution in [0.25, 0.3) is 0 Å². The lowest BCUT2D eigenvalue weighted by molar-refractivity contribution is 0.0336. The summed E-state index contributed by atoms with van der Waals surface area (Å²) in [5, 5.41) is 0. The molecule has 5 heteroatoms. The molecule has 0 aromatic heterocycles. The average molecular weight is 359 g/mol. The van der Waals surface area contributed by atoms with Gasteiger partial charge in [0.1, 0.15) is 0 Å². The van der Waals surface area contributed by atoms with Crippen LogP contribution < -0.4 is 4.18 Å². The lowest BCUT2D eigenvalue weighted by Crippen LogP contribution is -2.41. The van der Waals surface area contributed by atoms with Gasteiger partial charge in [0.15, 0.2) is 5.75 Å². The van der Waals surface area contributed by atoms with Crippen molar-refractivity contribution in [1.82, 2.24) is 0 Å². The van der Waals surface area contributed by atoms with E-state index in [1.54, 1.807) is 0 Å². The molecule has 0 amide bonds. The van der Waals surface area contributed by atoms with Gasteiger partial charge in [0, 0.05) is 5.56 Å². The highest BCUT2D eigenvalue weighted by Crippen LogP contribution is 2.63. The van der Waals surface area contributed by atoms with Crippen LogP contribution in [0.5, 0.6) is 5.75 Å². The summed E-state index contributed by atoms with van der Waals surface area (Å²) in [7, 11) is -3.80. The molecule has 134 valence electrons. The predicted octanol–water partition coefficient (Wildman–Crippen LogP) is 4.23. The SMILES string of the molecule is C[C@H]1CC[C@H]2[C@@H]3CCc4cc5c(cc4[C@H]3CC[C@]12C)C=NS(=O)(=O)O5. The molecule has 5 atom stereocenters. The zero-order valence-corrected chi connectivity index (χ0v) is 15.7. The fourth-order valence-electron chi connectivity index (χ4n) is 6.31. The smallest absolute Gasteiger partial charge is 0.365 e. The maximum atomic E-state index is 11.6. The van der Waals surface area contributed by atoms with E-state index >= 15 is 0 Å². The van der Waals surface area contributed by atoms with Crippen molar-refractivity contribution < 1.29 is 12.6 Å². The van der Waals surface area contributed by atoms with Gasteiger partial charge < -0.3 is 4.18 Å². The van der Waals surface area contributed by atoms with E-state index in [2.05, 4.69) is 24.3 Å². The fourth-order valence-corrected chi connectivity index (χ4v) is 6.97. The van der Waals surface area contributed by atoms with Crippen LogP contribution in [0.2, 0.25) is 0 Å². The van der Waals surface area contributed by atoms with Crippen LogP contribution >= 0.6 is 0 Å². The maximum absolute atomic E-state index is 11.6. The van der Waals surface area contributed by atoms with E-state index in [0.717, 1.165) is 29.7 Å². The van der Waals surface area contributed by atoms with E-state index in [1.165, 1.54) is 49.4 Å². The van der Waals surface area contributed by atoms with Gasteiger partial charge in [-0.2, -0.15) is 8.42 Å². The molecule has 25 heavy (non-hydrogen) atoms. The van der Waals surface area contributed by atoms with E-state index < -0.39 is 10.3 Å². The van der Waals surface area contributed by atoms with Crippen molar-refractivity contribution in [3.05, 3.63) is 28.8 Å². The summed E-state index contributed by atoms with van der Waals surface area (Å²) < 4.78 is 31.8. The number of fused-ring (bicyclic) bond motifs is 6. The van der Waals surface area contributed by atoms with Crippen molar-refractivity contribution in [3.8, 4) is 5.75 Å². The van der Waals surface area contributed by atoms with Gasteiger partial charge in [-0.3, -0.25) is 0 Å². The first-order valence-electron chi connectivity index (χ1n) is 9.54. The van der Waals surface area contributed by atoms with Gasteiger partial charge in [-0.05, 0) is 90.9 Å². The first-order valence-corrected chi connectivity index (χ1v) is 10.9. The summed E-state index contributed by atoms with van der Waals surface area (Å²) >= 11 is 0. The van der Waals surface area contributed by atoms with E-state index in [-0.39, 0.29) is 0 Å². The van der Waals surface area contributed by atoms with Gasteiger partial charge in [-0.15, -0.1) is 4.40 Å². The Labute approximate surface area is 149 Å². The van der Waals surface area contributed by atoms with Crippen LogP contribution in [0.3, 0.4) is 0 Å². The average Bonchev–Trinajstić information content (AvgIpc) is 2.87. The highest BCUT2D eigenvalue weighted by molar-refractivity contribution is 7.86. The van der Waals surface area contributed by atoms with Crippen molar-refractivity contribution in [2.45, 2.75) is 58.3 Å². The maximum Gasteiger partial charge on any atom is 0.428 e. The number of rotatable bonds is 0. The van der Waals surface area contributed by atoms with Crippen LogP contribution in [0.4, 0.5) is 0 Å². The van der Waals surface area contributed by atoms with Gasteiger partial charge in [-0.1, -0.05) is 13.8 Å². The summed E-state index contributed by atoms with van der Waals surface area (Å²) in [6, 6.07) is 4.11. The zero-order valence-electron chi connectivity index (χ0n) is 14.9. The Bertz CT molecular complexity index is 875. The fraction of sp³-hybridized carbons (Fsp3) is 0.650. The monoisotopic (exact) mass is 359 g/mol. The quantitative estimate of drug-likeness (QED) is 0.696. The number of aryl methyl sites for hydroxylation is 1. The molecule has 1 aliphatic heterocycles. The third kappa shape index (κ3) is 2.24. The van der Waals surface area contributed by atoms with Crippen LogP contribution in [0.15, 0.2) is 16.5 Å². The molecule has 3 aliphatic carbocycles. The van der Waals surface area contributed by atoms with Crippen LogP contribution in [0, 0.1) is 23.2 Å². The molecule has 2 saturated carbocycles. The summed E-state index contributed by atoms with van der Waals surface area (Å²) in [4.78, 5) is 0. The molecule has 4 aliphatic rings. The molecule has 4 nitrogen and oxygen atoms in total. The summed E-state index contributed by atoms with van der Waals surface area (Å²) in [5.74, 6) is 3.52. The van der Waals surface area contributed by atoms with Crippen molar-refractivity contribution in [2.24, 2.45) is 27.6 Å². The first kappa shape index (κ1) is 15.9. The first-order chi connectivity index (χ1) is 11.9. The Morgan fingerprint density at radius 3 is 2.88 bits per heavy atom. The third-order valence-corrected chi connectivity index (χ3v) is 8.60. The molecule has 1 aromatic rings. The third-order valence-electron chi connectivity index (χ3n) is 7.85. The van der Waals surface area contributed by atoms with Gasteiger partial charge in [0.2, 0.25) is 0 Å². The number of benzene rings is 1. The van der Waals surface area contributed by atoms with Crippen LogP contribution in [-0.2, 0) is 16.7 Å². The molecule has 0 bridgehead atoms. The molecular weight excluding hydrogens is 334 g/mol. The predicted molar refractivity (Wildman–Crippen MR) is 97.4 cm³/mol. The van der Waals surface area contributed by atoms with Gasteiger partial charge in [0.25, 0.3) is 0 Å². The highest BCUT2D eigenvalue weighted by atomic mass is 32.2. The minimum absolute atomic E-state index is 0.447. The van der Waals surface area contributed by atoms with Gasteiger partial charge >= 0.3 is 10.3 Å². The standard InChI is InChI=1S/C20H25NO3S/c1-12-3-6-18-16-5-4-13-10-19-14(11-21-25(22,23)24-19)9-17(13)15(16)7-8-20(12,18)2/h9-12,15-16,18H,3-8H2,1-2H3/t12-,15-,16+,18-,20+/m0/s1. The molecular formula is C20H25NO3S. The van der Waals surface area contributed by atoms with E-state index in [9.17, 15) is 8.42 Å². The highest BCUT2D eigenvalue weighted by Gasteiger charge is 2.53. The molecule has 0 N–H and O–H groups in total. The largest absolute Gasteiger partial charge is 0.428 e. The lowest BCUT2D eigenvalue weighted by Gasteiger charge is -2.50. The minimum Gasteiger partial charge on any atom is -0.365 e. The molecule has 0 saturated heterocycles. The van der Waals surface area contributed by atoms with E-state index in [1.807, 2.05) is 6.07 Å². The molecule has 0 spiro atoms. The molecule has 5 rings (SSSR count). The van der Waals surface area contributed by atoms with Crippen LogP contribution in [-0.4, -0.2) is 14.6 Å². The molecule has 2 fully saturated rings. The lowest BCUT2D eigenvalue weighted by atomic mass is 9.54. The number of nitrogens with zero attached hydrogens (tertiary/aromatic N) is 1. The summed E-state index contributed by atoms with van der Waals surface area (Å²) in [6.45, 7) is 4.97. The van der Waals surface area contributed by atoms with Gasteiger partial charge in [-0.25, -0.2) is 0 Å². The van der Waals surface area contributed by atoms with E-state index in [0.29, 0.717) is 17.1 Å². The molecule has 0 radical (unpaired) electrons. The van der Waals surface area contributed by atoms with Crippen molar-refractivity contribution in [2.75, 3.05) is 0 Å². The Balaban J connectivity index is 1.55. The second kappa shape index (κ2) is 5.09. The van der Waals surface area contributed by atoms with Crippen molar-refractivity contribution in [1.29, 1.82) is 0 Å². The van der Waals surface area contributed by atoms with Crippen LogP contribution in [0.1, 0.15) is 68.6 Å². The summed E-state index contributed by atoms with van der Waals surface area (Å²) in [5.41, 5.74) is 4.03. The summed E-state index contributed by atoms with van der Waals surface area (Å²) in [6.07, 6.45) is 9.03. The topological polar surface area (TPSA) is 55.7 Å². The Morgan fingerprint density at radius 1 is 1.20 bits per heavy atom. The Morgan fingerprint density at radius 2 is 2.04 bits per heavy atom. The molecule has 1 heterocycles. The minimum atomic E-state index is -3.80. The second-order valence-electron chi connectivity index (χ2n) is 8.77.